The van der Waals surface area contributed by atoms with Crippen LogP contribution in [-0.2, 0) is 37.7 Å². The predicted octanol–water partition coefficient (Wildman–Crippen LogP) is 5.84. The highest BCUT2D eigenvalue weighted by atomic mass is 35.5. The number of carboxylic acids is 1. The molecule has 1 saturated carbocycles. The van der Waals surface area contributed by atoms with Crippen molar-refractivity contribution in [1.82, 2.24) is 4.90 Å². The minimum absolute atomic E-state index is 0.0585. The van der Waals surface area contributed by atoms with Crippen LogP contribution in [0.3, 0.4) is 0 Å². The van der Waals surface area contributed by atoms with Crippen molar-refractivity contribution in [3.63, 3.8) is 0 Å². The molecule has 2 aromatic carbocycles. The molecule has 0 unspecified atom stereocenters. The lowest BCUT2D eigenvalue weighted by Gasteiger charge is -2.44. The van der Waals surface area contributed by atoms with Gasteiger partial charge in [-0.05, 0) is 91.3 Å². The third-order valence-electron chi connectivity index (χ3n) is 9.73. The van der Waals surface area contributed by atoms with Gasteiger partial charge in [-0.3, -0.25) is 4.79 Å². The molecule has 12 heteroatoms. The summed E-state index contributed by atoms with van der Waals surface area (Å²) >= 11 is 6.33. The molecular weight excluding hydrogens is 646 g/mol. The second-order valence-corrected chi connectivity index (χ2v) is 13.4. The highest BCUT2D eigenvalue weighted by molar-refractivity contribution is 6.30. The summed E-state index contributed by atoms with van der Waals surface area (Å²) in [5.41, 5.74) is 0.436. The van der Waals surface area contributed by atoms with E-state index in [1.54, 1.807) is 19.2 Å². The number of halogens is 3. The molecule has 262 valence electrons. The second-order valence-electron chi connectivity index (χ2n) is 13.0. The van der Waals surface area contributed by atoms with Crippen molar-refractivity contribution >= 4 is 29.2 Å². The minimum atomic E-state index is -2.54. The number of aliphatic hydroxyl groups is 1. The lowest BCUT2D eigenvalue weighted by molar-refractivity contribution is -0.164. The van der Waals surface area contributed by atoms with Gasteiger partial charge in [-0.25, -0.2) is 13.6 Å². The molecule has 1 aliphatic carbocycles. The number of aryl methyl sites for hydroxylation is 1. The minimum Gasteiger partial charge on any atom is -0.487 e. The third kappa shape index (κ3) is 8.85. The molecule has 0 saturated heterocycles. The molecule has 4 atom stereocenters. The molecule has 2 N–H and O–H groups in total. The zero-order valence-electron chi connectivity index (χ0n) is 27.3. The van der Waals surface area contributed by atoms with Gasteiger partial charge in [-0.15, -0.1) is 0 Å². The summed E-state index contributed by atoms with van der Waals surface area (Å²) in [7, 11) is 1.58. The lowest BCUT2D eigenvalue weighted by atomic mass is 9.70. The Bertz CT molecular complexity index is 1460. The average Bonchev–Trinajstić information content (AvgIpc) is 3.06. The van der Waals surface area contributed by atoms with Crippen molar-refractivity contribution in [1.29, 1.82) is 0 Å². The number of carboxylic acid groups (broad SMARTS) is 1. The van der Waals surface area contributed by atoms with Crippen LogP contribution in [0.1, 0.15) is 55.2 Å². The Balaban J connectivity index is 1.50. The van der Waals surface area contributed by atoms with Crippen LogP contribution < -0.4 is 9.64 Å². The number of hydrogen-bond acceptors (Lipinski definition) is 7. The molecule has 5 rings (SSSR count). The normalized spacial score (nSPS) is 26.0. The summed E-state index contributed by atoms with van der Waals surface area (Å²) < 4.78 is 42.8. The monoisotopic (exact) mass is 690 g/mol. The van der Waals surface area contributed by atoms with Gasteiger partial charge in [0.1, 0.15) is 19.0 Å². The van der Waals surface area contributed by atoms with Gasteiger partial charge in [0, 0.05) is 31.7 Å². The molecule has 0 spiro atoms. The number of ether oxygens (including phenoxy) is 3. The van der Waals surface area contributed by atoms with E-state index in [0.29, 0.717) is 42.5 Å². The number of fused-ring (bicyclic) bond motifs is 3. The highest BCUT2D eigenvalue weighted by Crippen LogP contribution is 2.43. The summed E-state index contributed by atoms with van der Waals surface area (Å²) in [6.45, 7) is 1.46. The first-order valence-corrected chi connectivity index (χ1v) is 17.1. The first kappa shape index (κ1) is 36.0. The standard InChI is InChI=1S/C36H45ClF2N2O7/c1-40-14-4-3-7-31(47-17-16-46-23-33(38)39)29-12-9-25(29)21-41-15-5-2-6-24-18-28(37)11-8-26(24)22-48-32-13-10-27(19-30(32)41)36(45,35(43)44)20-34(40)42/h3,7-8,10-11,13,18-19,25,29,31,33,45H,2,4-6,9,12,14-17,20-23H2,1H3,(H,43,44)/b7-3+/t25-,29+,31-,36+/m0/s1. The summed E-state index contributed by atoms with van der Waals surface area (Å²) in [5.74, 6) is -1.11. The van der Waals surface area contributed by atoms with Crippen LogP contribution >= 0.6 is 11.6 Å². The van der Waals surface area contributed by atoms with Gasteiger partial charge in [-0.1, -0.05) is 35.9 Å². The Morgan fingerprint density at radius 2 is 1.96 bits per heavy atom. The number of anilines is 1. The number of benzene rings is 2. The SMILES string of the molecule is CN1CC/C=C/[C@H](OCCOCC(F)F)[C@@H]2CC[C@H]2CN2CCCCc3cc(Cl)ccc3COc3ccc(cc32)[C@@](O)(C(=O)O)CC1=O. The maximum Gasteiger partial charge on any atom is 0.340 e. The van der Waals surface area contributed by atoms with Crippen LogP contribution in [0, 0.1) is 11.8 Å². The van der Waals surface area contributed by atoms with Crippen LogP contribution in [0.5, 0.6) is 5.75 Å². The molecular formula is C36H45ClF2N2O7. The zero-order chi connectivity index (χ0) is 34.3. The van der Waals surface area contributed by atoms with E-state index in [9.17, 15) is 28.6 Å². The fraction of sp³-hybridized carbons (Fsp3) is 0.556. The molecule has 9 nitrogen and oxygen atoms in total. The van der Waals surface area contributed by atoms with E-state index in [-0.39, 0.29) is 43.3 Å². The number of nitrogens with zero attached hydrogens (tertiary/aromatic N) is 2. The van der Waals surface area contributed by atoms with Crippen LogP contribution in [0.4, 0.5) is 14.5 Å². The van der Waals surface area contributed by atoms with E-state index in [2.05, 4.69) is 4.90 Å². The molecule has 2 aliphatic heterocycles. The molecule has 2 heterocycles. The number of carbonyl (C=O) groups is 2. The first-order valence-electron chi connectivity index (χ1n) is 16.7. The Labute approximate surface area is 285 Å². The molecule has 2 bridgehead atoms. The van der Waals surface area contributed by atoms with E-state index in [1.807, 2.05) is 30.4 Å². The van der Waals surface area contributed by atoms with E-state index in [4.69, 9.17) is 25.8 Å². The van der Waals surface area contributed by atoms with Crippen LogP contribution in [-0.4, -0.2) is 86.0 Å². The fourth-order valence-electron chi connectivity index (χ4n) is 6.75. The Morgan fingerprint density at radius 1 is 1.12 bits per heavy atom. The molecule has 1 fully saturated rings. The lowest BCUT2D eigenvalue weighted by Crippen LogP contribution is -2.45. The quantitative estimate of drug-likeness (QED) is 0.276. The van der Waals surface area contributed by atoms with Crippen molar-refractivity contribution in [3.8, 4) is 5.75 Å². The Morgan fingerprint density at radius 3 is 2.71 bits per heavy atom. The van der Waals surface area contributed by atoms with Crippen LogP contribution in [0.2, 0.25) is 5.02 Å². The van der Waals surface area contributed by atoms with Gasteiger partial charge in [0.15, 0.2) is 5.60 Å². The number of amides is 1. The predicted molar refractivity (Wildman–Crippen MR) is 178 cm³/mol. The smallest absolute Gasteiger partial charge is 0.340 e. The summed E-state index contributed by atoms with van der Waals surface area (Å²) in [6, 6.07) is 10.6. The topological polar surface area (TPSA) is 109 Å². The number of hydrogen-bond donors (Lipinski definition) is 2. The van der Waals surface area contributed by atoms with Crippen molar-refractivity contribution < 1.29 is 42.8 Å². The van der Waals surface area contributed by atoms with Crippen LogP contribution in [0.15, 0.2) is 48.6 Å². The van der Waals surface area contributed by atoms with Gasteiger partial charge in [-0.2, -0.15) is 0 Å². The van der Waals surface area contributed by atoms with Gasteiger partial charge in [0.05, 0.1) is 31.4 Å². The van der Waals surface area contributed by atoms with Crippen molar-refractivity contribution in [2.24, 2.45) is 11.8 Å². The maximum atomic E-state index is 13.2. The summed E-state index contributed by atoms with van der Waals surface area (Å²) in [4.78, 5) is 29.5. The fourth-order valence-corrected chi connectivity index (χ4v) is 6.94. The van der Waals surface area contributed by atoms with Gasteiger partial charge < -0.3 is 34.2 Å². The molecule has 1 amide bonds. The van der Waals surface area contributed by atoms with Gasteiger partial charge in [0.25, 0.3) is 6.43 Å². The zero-order valence-corrected chi connectivity index (χ0v) is 28.0. The van der Waals surface area contributed by atoms with Gasteiger partial charge >= 0.3 is 5.97 Å². The van der Waals surface area contributed by atoms with E-state index in [0.717, 1.165) is 43.2 Å². The van der Waals surface area contributed by atoms with Crippen molar-refractivity contribution in [3.05, 3.63) is 70.3 Å². The van der Waals surface area contributed by atoms with E-state index in [1.165, 1.54) is 11.0 Å². The average molecular weight is 691 g/mol. The number of aliphatic carboxylic acids is 1. The summed E-state index contributed by atoms with van der Waals surface area (Å²) in [5, 5.41) is 22.5. The Kier molecular flexibility index (Phi) is 12.3. The number of rotatable bonds is 7. The molecule has 2 aromatic rings. The Hall–Kier alpha value is -3.25. The van der Waals surface area contributed by atoms with E-state index < -0.39 is 36.9 Å². The number of carbonyl (C=O) groups excluding carboxylic acids is 1. The van der Waals surface area contributed by atoms with Crippen LogP contribution in [0.25, 0.3) is 0 Å². The van der Waals surface area contributed by atoms with Gasteiger partial charge in [0.2, 0.25) is 5.91 Å². The van der Waals surface area contributed by atoms with E-state index >= 15 is 0 Å². The highest BCUT2D eigenvalue weighted by Gasteiger charge is 2.43. The molecule has 3 aliphatic rings. The largest absolute Gasteiger partial charge is 0.487 e. The summed E-state index contributed by atoms with van der Waals surface area (Å²) in [6.07, 6.45) is 5.38. The third-order valence-corrected chi connectivity index (χ3v) is 9.97. The van der Waals surface area contributed by atoms with Crippen molar-refractivity contribution in [2.45, 2.75) is 69.7 Å². The maximum absolute atomic E-state index is 13.2. The molecule has 0 aromatic heterocycles. The second kappa shape index (κ2) is 16.4. The van der Waals surface area contributed by atoms with Crippen molar-refractivity contribution in [2.75, 3.05) is 51.4 Å². The first-order chi connectivity index (χ1) is 23.0. The molecule has 0 radical (unpaired) electrons. The molecule has 48 heavy (non-hydrogen) atoms. The number of alkyl halides is 2.